The monoisotopic (exact) mass is 423 g/mol. The first kappa shape index (κ1) is 20.6. The molecule has 146 valence electrons. The van der Waals surface area contributed by atoms with Crippen molar-refractivity contribution < 1.29 is 13.2 Å². The van der Waals surface area contributed by atoms with Crippen LogP contribution in [0.5, 0.6) is 0 Å². The number of hydrogen-bond donors (Lipinski definition) is 0. The van der Waals surface area contributed by atoms with Gasteiger partial charge in [0.1, 0.15) is 10.8 Å². The third-order valence-corrected chi connectivity index (χ3v) is 5.26. The van der Waals surface area contributed by atoms with Crippen LogP contribution in [0.3, 0.4) is 0 Å². The van der Waals surface area contributed by atoms with Gasteiger partial charge >= 0.3 is 6.18 Å². The van der Waals surface area contributed by atoms with E-state index in [1.54, 1.807) is 23.9 Å². The first-order valence-electron chi connectivity index (χ1n) is 8.58. The average Bonchev–Trinajstić information content (AvgIpc) is 2.68. The standard InChI is InChI=1S/C20H17ClF3N3S/c1-3-12-11-26-16(19-17(28-4-2)5-6-18(21)27-19)10-14(12)15-9-13(7-8-25-15)20(22,23)24/h3,5-10H,4,11H2,1-2H3/b12-3-. The number of aromatic nitrogens is 2. The van der Waals surface area contributed by atoms with E-state index in [0.717, 1.165) is 28.4 Å². The van der Waals surface area contributed by atoms with Crippen molar-refractivity contribution in [3.63, 3.8) is 0 Å². The summed E-state index contributed by atoms with van der Waals surface area (Å²) < 4.78 is 39.4. The predicted octanol–water partition coefficient (Wildman–Crippen LogP) is 6.09. The summed E-state index contributed by atoms with van der Waals surface area (Å²) in [7, 11) is 0. The molecule has 0 amide bonds. The molecule has 0 saturated carbocycles. The minimum atomic E-state index is -4.43. The van der Waals surface area contributed by atoms with Crippen molar-refractivity contribution in [1.82, 2.24) is 9.97 Å². The summed E-state index contributed by atoms with van der Waals surface area (Å²) >= 11 is 7.68. The SMILES string of the molecule is C/C=C1/CN=C(c2nc(Cl)ccc2SCC)C=C1c1cc(C(F)(F)F)ccn1. The molecule has 2 aromatic heterocycles. The van der Waals surface area contributed by atoms with Crippen LogP contribution in [0.1, 0.15) is 30.8 Å². The van der Waals surface area contributed by atoms with E-state index >= 15 is 0 Å². The van der Waals surface area contributed by atoms with E-state index in [0.29, 0.717) is 28.7 Å². The Morgan fingerprint density at radius 3 is 2.71 bits per heavy atom. The van der Waals surface area contributed by atoms with E-state index < -0.39 is 11.7 Å². The molecule has 0 spiro atoms. The number of nitrogens with zero attached hydrogens (tertiary/aromatic N) is 3. The maximum atomic E-state index is 13.1. The van der Waals surface area contributed by atoms with Crippen LogP contribution < -0.4 is 0 Å². The van der Waals surface area contributed by atoms with E-state index in [2.05, 4.69) is 15.0 Å². The summed E-state index contributed by atoms with van der Waals surface area (Å²) in [5, 5.41) is 0.335. The van der Waals surface area contributed by atoms with Gasteiger partial charge in [-0.2, -0.15) is 13.2 Å². The van der Waals surface area contributed by atoms with Crippen molar-refractivity contribution in [2.45, 2.75) is 24.9 Å². The Morgan fingerprint density at radius 2 is 2.04 bits per heavy atom. The Kier molecular flexibility index (Phi) is 6.25. The van der Waals surface area contributed by atoms with Crippen LogP contribution in [-0.4, -0.2) is 28.0 Å². The lowest BCUT2D eigenvalue weighted by atomic mass is 9.96. The first-order chi connectivity index (χ1) is 13.3. The van der Waals surface area contributed by atoms with E-state index in [1.807, 2.05) is 26.0 Å². The van der Waals surface area contributed by atoms with Gasteiger partial charge in [-0.1, -0.05) is 24.6 Å². The van der Waals surface area contributed by atoms with Crippen LogP contribution >= 0.6 is 23.4 Å². The van der Waals surface area contributed by atoms with E-state index in [9.17, 15) is 13.2 Å². The number of pyridine rings is 2. The fourth-order valence-electron chi connectivity index (χ4n) is 2.79. The molecule has 0 saturated heterocycles. The summed E-state index contributed by atoms with van der Waals surface area (Å²) in [5.41, 5.74) is 2.13. The van der Waals surface area contributed by atoms with Crippen molar-refractivity contribution in [1.29, 1.82) is 0 Å². The lowest BCUT2D eigenvalue weighted by Crippen LogP contribution is -2.13. The van der Waals surface area contributed by atoms with Gasteiger partial charge < -0.3 is 0 Å². The molecule has 0 atom stereocenters. The molecule has 3 heterocycles. The minimum Gasteiger partial charge on any atom is -0.278 e. The quantitative estimate of drug-likeness (QED) is 0.441. The molecule has 2 aromatic rings. The molecule has 1 aliphatic rings. The highest BCUT2D eigenvalue weighted by Gasteiger charge is 2.31. The van der Waals surface area contributed by atoms with Gasteiger partial charge in [-0.3, -0.25) is 9.98 Å². The average molecular weight is 424 g/mol. The Labute approximate surface area is 170 Å². The van der Waals surface area contributed by atoms with Crippen LogP contribution in [0.4, 0.5) is 13.2 Å². The molecule has 0 aliphatic carbocycles. The third kappa shape index (κ3) is 4.47. The summed E-state index contributed by atoms with van der Waals surface area (Å²) in [5.74, 6) is 0.843. The normalized spacial score (nSPS) is 16.1. The van der Waals surface area contributed by atoms with E-state index in [-0.39, 0.29) is 5.69 Å². The second-order valence-electron chi connectivity index (χ2n) is 5.91. The summed E-state index contributed by atoms with van der Waals surface area (Å²) in [6.07, 6.45) is 0.313. The predicted molar refractivity (Wildman–Crippen MR) is 108 cm³/mol. The lowest BCUT2D eigenvalue weighted by molar-refractivity contribution is -0.137. The molecule has 0 radical (unpaired) electrons. The maximum Gasteiger partial charge on any atom is 0.416 e. The number of thioether (sulfide) groups is 1. The summed E-state index contributed by atoms with van der Waals surface area (Å²) in [6.45, 7) is 4.19. The van der Waals surface area contributed by atoms with Gasteiger partial charge in [0.25, 0.3) is 0 Å². The van der Waals surface area contributed by atoms with Gasteiger partial charge in [0.05, 0.1) is 23.5 Å². The molecule has 0 aromatic carbocycles. The number of hydrogen-bond acceptors (Lipinski definition) is 4. The maximum absolute atomic E-state index is 13.1. The third-order valence-electron chi connectivity index (χ3n) is 4.13. The van der Waals surface area contributed by atoms with Gasteiger partial charge in [-0.15, -0.1) is 11.8 Å². The van der Waals surface area contributed by atoms with Crippen LogP contribution in [0.15, 0.2) is 58.1 Å². The Balaban J connectivity index is 2.10. The number of allylic oxidation sites excluding steroid dienone is 2. The smallest absolute Gasteiger partial charge is 0.278 e. The highest BCUT2D eigenvalue weighted by atomic mass is 35.5. The largest absolute Gasteiger partial charge is 0.416 e. The van der Waals surface area contributed by atoms with Crippen molar-refractivity contribution in [2.24, 2.45) is 4.99 Å². The molecule has 0 unspecified atom stereocenters. The highest BCUT2D eigenvalue weighted by molar-refractivity contribution is 7.99. The molecule has 3 rings (SSSR count). The van der Waals surface area contributed by atoms with Crippen LogP contribution in [0.25, 0.3) is 5.57 Å². The fraction of sp³-hybridized carbons (Fsp3) is 0.250. The van der Waals surface area contributed by atoms with Gasteiger partial charge in [0.15, 0.2) is 0 Å². The molecule has 1 aliphatic heterocycles. The molecular formula is C20H17ClF3N3S. The van der Waals surface area contributed by atoms with Gasteiger partial charge in [-0.05, 0) is 48.6 Å². The van der Waals surface area contributed by atoms with Crippen molar-refractivity contribution in [2.75, 3.05) is 12.3 Å². The number of dihydropyridines is 1. The van der Waals surface area contributed by atoms with E-state index in [1.165, 1.54) is 6.20 Å². The lowest BCUT2D eigenvalue weighted by Gasteiger charge is -2.18. The zero-order chi connectivity index (χ0) is 20.3. The molecule has 8 heteroatoms. The molecule has 3 nitrogen and oxygen atoms in total. The van der Waals surface area contributed by atoms with Gasteiger partial charge in [0.2, 0.25) is 0 Å². The Bertz CT molecular complexity index is 981. The van der Waals surface area contributed by atoms with Crippen LogP contribution in [-0.2, 0) is 6.18 Å². The van der Waals surface area contributed by atoms with Gasteiger partial charge in [0, 0.05) is 16.7 Å². The second kappa shape index (κ2) is 8.49. The number of rotatable bonds is 4. The summed E-state index contributed by atoms with van der Waals surface area (Å²) in [6, 6.07) is 5.61. The second-order valence-corrected chi connectivity index (χ2v) is 7.61. The zero-order valence-electron chi connectivity index (χ0n) is 15.2. The van der Waals surface area contributed by atoms with Crippen molar-refractivity contribution >= 4 is 34.6 Å². The number of halogens is 4. The van der Waals surface area contributed by atoms with Gasteiger partial charge in [-0.25, -0.2) is 4.98 Å². The molecule has 0 bridgehead atoms. The first-order valence-corrected chi connectivity index (χ1v) is 9.95. The summed E-state index contributed by atoms with van der Waals surface area (Å²) in [4.78, 5) is 14.1. The Morgan fingerprint density at radius 1 is 1.25 bits per heavy atom. The van der Waals surface area contributed by atoms with Crippen LogP contribution in [0.2, 0.25) is 5.15 Å². The minimum absolute atomic E-state index is 0.252. The van der Waals surface area contributed by atoms with Crippen molar-refractivity contribution in [3.8, 4) is 0 Å². The van der Waals surface area contributed by atoms with Crippen LogP contribution in [0, 0.1) is 0 Å². The van der Waals surface area contributed by atoms with Crippen molar-refractivity contribution in [3.05, 3.63) is 70.3 Å². The fourth-order valence-corrected chi connectivity index (χ4v) is 3.70. The molecular weight excluding hydrogens is 407 g/mol. The number of alkyl halides is 3. The van der Waals surface area contributed by atoms with E-state index in [4.69, 9.17) is 11.6 Å². The molecule has 28 heavy (non-hydrogen) atoms. The topological polar surface area (TPSA) is 38.1 Å². The number of aliphatic imine (C=N–C) groups is 1. The Hall–Kier alpha value is -2.12. The molecule has 0 N–H and O–H groups in total. The zero-order valence-corrected chi connectivity index (χ0v) is 16.8. The molecule has 0 fully saturated rings. The highest BCUT2D eigenvalue weighted by Crippen LogP contribution is 2.33.